The van der Waals surface area contributed by atoms with E-state index >= 15 is 0 Å². The predicted octanol–water partition coefficient (Wildman–Crippen LogP) is 4.67. The highest BCUT2D eigenvalue weighted by molar-refractivity contribution is 5.82. The number of rotatable bonds is 9. The van der Waals surface area contributed by atoms with E-state index in [1.165, 1.54) is 18.4 Å². The van der Waals surface area contributed by atoms with E-state index < -0.39 is 0 Å². The van der Waals surface area contributed by atoms with Gasteiger partial charge in [-0.2, -0.15) is 0 Å². The molecule has 152 valence electrons. The summed E-state index contributed by atoms with van der Waals surface area (Å²) in [6, 6.07) is 11.6. The van der Waals surface area contributed by atoms with E-state index in [0.29, 0.717) is 47.5 Å². The molecule has 0 aliphatic heterocycles. The minimum absolute atomic E-state index is 0.137. The first-order valence-corrected chi connectivity index (χ1v) is 9.72. The average Bonchev–Trinajstić information content (AvgIpc) is 2.72. The van der Waals surface area contributed by atoms with Crippen molar-refractivity contribution in [2.24, 2.45) is 0 Å². The van der Waals surface area contributed by atoms with Crippen LogP contribution in [-0.4, -0.2) is 24.3 Å². The molecule has 6 nitrogen and oxygen atoms in total. The number of hydrogen-bond acceptors (Lipinski definition) is 6. The summed E-state index contributed by atoms with van der Waals surface area (Å²) in [7, 11) is 0. The molecule has 0 fully saturated rings. The van der Waals surface area contributed by atoms with Crippen LogP contribution in [0.5, 0.6) is 11.5 Å². The standard InChI is InChI=1S/C23H24O6/c1-2-27-22(25)6-4-3-5-13-28-18-11-12-19-21(14-18)29-15-20(23(19)26)16-7-9-17(24)10-8-16/h7-12,14-15,24H,2-6,13H2,1H3. The Balaban J connectivity index is 1.59. The van der Waals surface area contributed by atoms with Crippen molar-refractivity contribution < 1.29 is 23.8 Å². The Hall–Kier alpha value is -3.28. The molecule has 0 atom stereocenters. The molecule has 0 aliphatic carbocycles. The van der Waals surface area contributed by atoms with Gasteiger partial charge < -0.3 is 19.0 Å². The lowest BCUT2D eigenvalue weighted by Gasteiger charge is -2.08. The Labute approximate surface area is 168 Å². The van der Waals surface area contributed by atoms with Crippen LogP contribution in [0.15, 0.2) is 57.9 Å². The van der Waals surface area contributed by atoms with Gasteiger partial charge in [-0.15, -0.1) is 0 Å². The topological polar surface area (TPSA) is 86.0 Å². The molecule has 3 rings (SSSR count). The van der Waals surface area contributed by atoms with Crippen LogP contribution < -0.4 is 10.2 Å². The fourth-order valence-electron chi connectivity index (χ4n) is 3.01. The third-order valence-electron chi connectivity index (χ3n) is 4.52. The van der Waals surface area contributed by atoms with Crippen molar-refractivity contribution in [3.8, 4) is 22.6 Å². The van der Waals surface area contributed by atoms with Gasteiger partial charge in [0.15, 0.2) is 5.43 Å². The Morgan fingerprint density at radius 1 is 1.07 bits per heavy atom. The molecule has 1 aromatic heterocycles. The number of benzene rings is 2. The summed E-state index contributed by atoms with van der Waals surface area (Å²) in [4.78, 5) is 24.0. The predicted molar refractivity (Wildman–Crippen MR) is 110 cm³/mol. The number of phenolic OH excluding ortho intramolecular Hbond substituents is 1. The van der Waals surface area contributed by atoms with Crippen molar-refractivity contribution in [1.82, 2.24) is 0 Å². The summed E-state index contributed by atoms with van der Waals surface area (Å²) in [5.74, 6) is 0.606. The van der Waals surface area contributed by atoms with Crippen molar-refractivity contribution in [1.29, 1.82) is 0 Å². The van der Waals surface area contributed by atoms with Crippen LogP contribution in [0.2, 0.25) is 0 Å². The lowest BCUT2D eigenvalue weighted by molar-refractivity contribution is -0.143. The third kappa shape index (κ3) is 5.38. The van der Waals surface area contributed by atoms with Gasteiger partial charge in [0, 0.05) is 12.5 Å². The summed E-state index contributed by atoms with van der Waals surface area (Å²) in [5, 5.41) is 9.87. The van der Waals surface area contributed by atoms with Crippen molar-refractivity contribution in [3.63, 3.8) is 0 Å². The summed E-state index contributed by atoms with van der Waals surface area (Å²) in [5.41, 5.74) is 1.44. The van der Waals surface area contributed by atoms with Crippen molar-refractivity contribution in [2.75, 3.05) is 13.2 Å². The van der Waals surface area contributed by atoms with E-state index in [1.807, 2.05) is 0 Å². The van der Waals surface area contributed by atoms with Crippen LogP contribution in [0, 0.1) is 0 Å². The van der Waals surface area contributed by atoms with E-state index in [2.05, 4.69) is 0 Å². The molecule has 0 bridgehead atoms. The number of carbonyl (C=O) groups is 1. The van der Waals surface area contributed by atoms with Gasteiger partial charge >= 0.3 is 5.97 Å². The zero-order valence-electron chi connectivity index (χ0n) is 16.3. The van der Waals surface area contributed by atoms with Crippen LogP contribution in [-0.2, 0) is 9.53 Å². The Bertz CT molecular complexity index is 1020. The highest BCUT2D eigenvalue weighted by Gasteiger charge is 2.10. The van der Waals surface area contributed by atoms with Crippen molar-refractivity contribution >= 4 is 16.9 Å². The maximum absolute atomic E-state index is 12.8. The molecule has 0 radical (unpaired) electrons. The molecule has 0 aliphatic rings. The number of phenols is 1. The molecule has 0 spiro atoms. The molecule has 0 saturated heterocycles. The second-order valence-corrected chi connectivity index (χ2v) is 6.65. The van der Waals surface area contributed by atoms with Crippen LogP contribution in [0.3, 0.4) is 0 Å². The van der Waals surface area contributed by atoms with Gasteiger partial charge in [0.05, 0.1) is 24.2 Å². The van der Waals surface area contributed by atoms with Gasteiger partial charge in [-0.05, 0) is 56.0 Å². The highest BCUT2D eigenvalue weighted by Crippen LogP contribution is 2.24. The normalized spacial score (nSPS) is 10.8. The van der Waals surface area contributed by atoms with Crippen LogP contribution in [0.25, 0.3) is 22.1 Å². The van der Waals surface area contributed by atoms with Crippen molar-refractivity contribution in [3.05, 3.63) is 59.0 Å². The second-order valence-electron chi connectivity index (χ2n) is 6.65. The highest BCUT2D eigenvalue weighted by atomic mass is 16.5. The quantitative estimate of drug-likeness (QED) is 0.418. The summed E-state index contributed by atoms with van der Waals surface area (Å²) < 4.78 is 16.3. The lowest BCUT2D eigenvalue weighted by Crippen LogP contribution is -2.05. The monoisotopic (exact) mass is 396 g/mol. The molecule has 0 unspecified atom stereocenters. The van der Waals surface area contributed by atoms with E-state index in [1.54, 1.807) is 37.3 Å². The number of ether oxygens (including phenoxy) is 2. The van der Waals surface area contributed by atoms with Crippen LogP contribution in [0.4, 0.5) is 0 Å². The fraction of sp³-hybridized carbons (Fsp3) is 0.304. The first-order chi connectivity index (χ1) is 14.1. The minimum Gasteiger partial charge on any atom is -0.508 e. The zero-order valence-corrected chi connectivity index (χ0v) is 16.3. The Morgan fingerprint density at radius 2 is 1.86 bits per heavy atom. The van der Waals surface area contributed by atoms with E-state index in [0.717, 1.165) is 19.3 Å². The summed E-state index contributed by atoms with van der Waals surface area (Å²) >= 11 is 0. The lowest BCUT2D eigenvalue weighted by atomic mass is 10.1. The first-order valence-electron chi connectivity index (χ1n) is 9.72. The molecular weight excluding hydrogens is 372 g/mol. The third-order valence-corrected chi connectivity index (χ3v) is 4.52. The number of hydrogen-bond donors (Lipinski definition) is 1. The molecule has 3 aromatic rings. The molecule has 2 aromatic carbocycles. The van der Waals surface area contributed by atoms with Gasteiger partial charge in [-0.1, -0.05) is 12.1 Å². The number of fused-ring (bicyclic) bond motifs is 1. The Kier molecular flexibility index (Phi) is 6.89. The van der Waals surface area contributed by atoms with E-state index in [9.17, 15) is 14.7 Å². The number of esters is 1. The van der Waals surface area contributed by atoms with E-state index in [-0.39, 0.29) is 17.1 Å². The van der Waals surface area contributed by atoms with Crippen LogP contribution in [0.1, 0.15) is 32.6 Å². The summed E-state index contributed by atoms with van der Waals surface area (Å²) in [6.45, 7) is 2.73. The van der Waals surface area contributed by atoms with Crippen LogP contribution >= 0.6 is 0 Å². The molecule has 29 heavy (non-hydrogen) atoms. The van der Waals surface area contributed by atoms with Crippen molar-refractivity contribution in [2.45, 2.75) is 32.6 Å². The van der Waals surface area contributed by atoms with Gasteiger partial charge in [-0.25, -0.2) is 0 Å². The van der Waals surface area contributed by atoms with E-state index in [4.69, 9.17) is 13.9 Å². The summed E-state index contributed by atoms with van der Waals surface area (Å²) in [6.07, 6.45) is 4.32. The minimum atomic E-state index is -0.162. The molecule has 6 heteroatoms. The number of carbonyl (C=O) groups excluding carboxylic acids is 1. The second kappa shape index (κ2) is 9.78. The molecule has 0 amide bonds. The average molecular weight is 396 g/mol. The molecular formula is C23H24O6. The van der Waals surface area contributed by atoms with Gasteiger partial charge in [0.1, 0.15) is 23.3 Å². The molecule has 0 saturated carbocycles. The fourth-order valence-corrected chi connectivity index (χ4v) is 3.01. The smallest absolute Gasteiger partial charge is 0.305 e. The first kappa shape index (κ1) is 20.5. The maximum atomic E-state index is 12.8. The SMILES string of the molecule is CCOC(=O)CCCCCOc1ccc2c(=O)c(-c3ccc(O)cc3)coc2c1. The number of unbranched alkanes of at least 4 members (excludes halogenated alkanes) is 2. The van der Waals surface area contributed by atoms with Gasteiger partial charge in [0.2, 0.25) is 0 Å². The zero-order chi connectivity index (χ0) is 20.6. The largest absolute Gasteiger partial charge is 0.508 e. The number of aromatic hydroxyl groups is 1. The van der Waals surface area contributed by atoms with Gasteiger partial charge in [-0.3, -0.25) is 9.59 Å². The molecule has 1 N–H and O–H groups in total. The Morgan fingerprint density at radius 3 is 2.62 bits per heavy atom. The molecule has 1 heterocycles. The van der Waals surface area contributed by atoms with Gasteiger partial charge in [0.25, 0.3) is 0 Å². The maximum Gasteiger partial charge on any atom is 0.305 e.